The first-order valence-corrected chi connectivity index (χ1v) is 5.41. The van der Waals surface area contributed by atoms with Crippen LogP contribution in [0.1, 0.15) is 16.1 Å². The molecule has 0 saturated carbocycles. The van der Waals surface area contributed by atoms with Gasteiger partial charge >= 0.3 is 0 Å². The molecule has 0 amide bonds. The number of rotatable bonds is 0. The zero-order valence-electron chi connectivity index (χ0n) is 6.37. The Hall–Kier alpha value is -0.600. The van der Waals surface area contributed by atoms with E-state index in [1.54, 1.807) is 6.07 Å². The largest absolute Gasteiger partial charge is 0.461 e. The van der Waals surface area contributed by atoms with E-state index in [1.807, 2.05) is 12.1 Å². The zero-order valence-corrected chi connectivity index (χ0v) is 9.54. The lowest BCUT2D eigenvalue weighted by Gasteiger charge is -2.02. The Morgan fingerprint density at radius 1 is 1.46 bits per heavy atom. The summed E-state index contributed by atoms with van der Waals surface area (Å²) in [6.07, 6.45) is 0. The van der Waals surface area contributed by atoms with Gasteiger partial charge in [-0.3, -0.25) is 0 Å². The van der Waals surface area contributed by atoms with Crippen LogP contribution in [0, 0.1) is 11.3 Å². The molecule has 0 radical (unpaired) electrons. The molecule has 1 aromatic heterocycles. The number of hydrogen-bond donors (Lipinski definition) is 0. The number of ether oxygens (including phenoxy) is 1. The molecule has 1 aliphatic rings. The molecule has 0 aliphatic carbocycles. The zero-order chi connectivity index (χ0) is 9.42. The molecular weight excluding hydrogens is 300 g/mol. The number of halogens is 2. The van der Waals surface area contributed by atoms with Crippen LogP contribution in [0.15, 0.2) is 12.1 Å². The van der Waals surface area contributed by atoms with Gasteiger partial charge < -0.3 is 4.74 Å². The normalized spacial score (nSPS) is 24.7. The SMILES string of the molecule is N#Cc1ccc2c(n1)O[C@@H](Br)[C@@H]2Br. The predicted molar refractivity (Wildman–Crippen MR) is 54.0 cm³/mol. The topological polar surface area (TPSA) is 45.9 Å². The standard InChI is InChI=1S/C8H4Br2N2O/c9-6-5-2-1-4(3-11)12-8(5)13-7(6)10/h1-2,6-7H/t6-,7-/m1/s1. The van der Waals surface area contributed by atoms with E-state index >= 15 is 0 Å². The summed E-state index contributed by atoms with van der Waals surface area (Å²) in [4.78, 5) is 4.13. The second-order valence-corrected chi connectivity index (χ2v) is 4.46. The molecule has 0 unspecified atom stereocenters. The quantitative estimate of drug-likeness (QED) is 0.692. The monoisotopic (exact) mass is 302 g/mol. The smallest absolute Gasteiger partial charge is 0.220 e. The van der Waals surface area contributed by atoms with Crippen molar-refractivity contribution in [2.45, 2.75) is 9.84 Å². The summed E-state index contributed by atoms with van der Waals surface area (Å²) in [6.45, 7) is 0. The highest BCUT2D eigenvalue weighted by Gasteiger charge is 2.31. The lowest BCUT2D eigenvalue weighted by Crippen LogP contribution is -2.04. The van der Waals surface area contributed by atoms with Gasteiger partial charge in [0.2, 0.25) is 5.88 Å². The van der Waals surface area contributed by atoms with Crippen molar-refractivity contribution in [3.8, 4) is 11.9 Å². The van der Waals surface area contributed by atoms with Gasteiger partial charge in [-0.15, -0.1) is 0 Å². The van der Waals surface area contributed by atoms with E-state index < -0.39 is 0 Å². The molecule has 0 spiro atoms. The van der Waals surface area contributed by atoms with E-state index in [0.29, 0.717) is 11.6 Å². The Labute approximate surface area is 92.0 Å². The number of pyridine rings is 1. The van der Waals surface area contributed by atoms with Gasteiger partial charge in [-0.1, -0.05) is 15.9 Å². The van der Waals surface area contributed by atoms with Crippen LogP contribution < -0.4 is 4.74 Å². The Morgan fingerprint density at radius 2 is 2.23 bits per heavy atom. The number of aromatic nitrogens is 1. The maximum atomic E-state index is 8.61. The highest BCUT2D eigenvalue weighted by Crippen LogP contribution is 2.42. The predicted octanol–water partition coefficient (Wildman–Crippen LogP) is 2.50. The van der Waals surface area contributed by atoms with Crippen molar-refractivity contribution in [2.75, 3.05) is 0 Å². The van der Waals surface area contributed by atoms with Crippen LogP contribution in [0.25, 0.3) is 0 Å². The van der Waals surface area contributed by atoms with Crippen molar-refractivity contribution >= 4 is 31.9 Å². The molecule has 2 atom stereocenters. The van der Waals surface area contributed by atoms with Crippen molar-refractivity contribution < 1.29 is 4.74 Å². The molecule has 0 saturated heterocycles. The fourth-order valence-corrected chi connectivity index (χ4v) is 2.04. The average Bonchev–Trinajstić information content (AvgIpc) is 2.42. The van der Waals surface area contributed by atoms with Crippen LogP contribution in [0.3, 0.4) is 0 Å². The Bertz CT molecular complexity index is 388. The molecule has 3 nitrogen and oxygen atoms in total. The third-order valence-corrected chi connectivity index (χ3v) is 4.15. The van der Waals surface area contributed by atoms with Crippen LogP contribution in [-0.2, 0) is 0 Å². The van der Waals surface area contributed by atoms with Gasteiger partial charge in [0.25, 0.3) is 0 Å². The van der Waals surface area contributed by atoms with Crippen LogP contribution in [-0.4, -0.2) is 10.00 Å². The van der Waals surface area contributed by atoms with Gasteiger partial charge in [-0.05, 0) is 28.1 Å². The highest BCUT2D eigenvalue weighted by molar-refractivity contribution is 9.12. The summed E-state index contributed by atoms with van der Waals surface area (Å²) in [5.74, 6) is 0.530. The van der Waals surface area contributed by atoms with Crippen molar-refractivity contribution in [1.82, 2.24) is 4.98 Å². The Kier molecular flexibility index (Phi) is 2.26. The van der Waals surface area contributed by atoms with Gasteiger partial charge in [-0.2, -0.15) is 5.26 Å². The minimum absolute atomic E-state index is 0.0998. The molecular formula is C8H4Br2N2O. The first-order chi connectivity index (χ1) is 6.22. The van der Waals surface area contributed by atoms with Crippen LogP contribution >= 0.6 is 31.9 Å². The highest BCUT2D eigenvalue weighted by atomic mass is 79.9. The average molecular weight is 304 g/mol. The van der Waals surface area contributed by atoms with Gasteiger partial charge in [0, 0.05) is 5.56 Å². The molecule has 2 heterocycles. The lowest BCUT2D eigenvalue weighted by atomic mass is 10.2. The molecule has 1 aliphatic heterocycles. The molecule has 5 heteroatoms. The summed E-state index contributed by atoms with van der Waals surface area (Å²) in [6, 6.07) is 5.50. The van der Waals surface area contributed by atoms with Gasteiger partial charge in [0.15, 0.2) is 5.01 Å². The van der Waals surface area contributed by atoms with E-state index in [4.69, 9.17) is 10.00 Å². The number of nitriles is 1. The third kappa shape index (κ3) is 1.45. The summed E-state index contributed by atoms with van der Waals surface area (Å²) >= 11 is 6.79. The summed E-state index contributed by atoms with van der Waals surface area (Å²) in [7, 11) is 0. The third-order valence-electron chi connectivity index (χ3n) is 1.76. The van der Waals surface area contributed by atoms with Crippen LogP contribution in [0.2, 0.25) is 0 Å². The second kappa shape index (κ2) is 3.28. The number of fused-ring (bicyclic) bond motifs is 1. The minimum atomic E-state index is -0.107. The summed E-state index contributed by atoms with van der Waals surface area (Å²) in [5, 5.41) is 8.50. The van der Waals surface area contributed by atoms with Crippen molar-refractivity contribution in [3.05, 3.63) is 23.4 Å². The van der Waals surface area contributed by atoms with Gasteiger partial charge in [0.1, 0.15) is 11.8 Å². The molecule has 66 valence electrons. The summed E-state index contributed by atoms with van der Waals surface area (Å²) < 4.78 is 5.37. The molecule has 2 rings (SSSR count). The number of hydrogen-bond acceptors (Lipinski definition) is 3. The maximum absolute atomic E-state index is 8.61. The molecule has 0 fully saturated rings. The first kappa shape index (κ1) is 8.97. The van der Waals surface area contributed by atoms with E-state index in [9.17, 15) is 0 Å². The van der Waals surface area contributed by atoms with Crippen molar-refractivity contribution in [3.63, 3.8) is 0 Å². The van der Waals surface area contributed by atoms with E-state index in [2.05, 4.69) is 36.8 Å². The van der Waals surface area contributed by atoms with Gasteiger partial charge in [-0.25, -0.2) is 4.98 Å². The number of alkyl halides is 2. The van der Waals surface area contributed by atoms with E-state index in [1.165, 1.54) is 0 Å². The first-order valence-electron chi connectivity index (χ1n) is 3.58. The Morgan fingerprint density at radius 3 is 2.92 bits per heavy atom. The minimum Gasteiger partial charge on any atom is -0.461 e. The van der Waals surface area contributed by atoms with Crippen molar-refractivity contribution in [1.29, 1.82) is 5.26 Å². The second-order valence-electron chi connectivity index (χ2n) is 2.57. The lowest BCUT2D eigenvalue weighted by molar-refractivity contribution is 0.317. The van der Waals surface area contributed by atoms with Crippen LogP contribution in [0.5, 0.6) is 5.88 Å². The van der Waals surface area contributed by atoms with E-state index in [-0.39, 0.29) is 9.84 Å². The molecule has 0 aromatic carbocycles. The number of nitrogens with zero attached hydrogens (tertiary/aromatic N) is 2. The van der Waals surface area contributed by atoms with Gasteiger partial charge in [0.05, 0.1) is 4.83 Å². The molecule has 13 heavy (non-hydrogen) atoms. The summed E-state index contributed by atoms with van der Waals surface area (Å²) in [5.41, 5.74) is 1.35. The molecule has 1 aromatic rings. The van der Waals surface area contributed by atoms with Crippen LogP contribution in [0.4, 0.5) is 0 Å². The fourth-order valence-electron chi connectivity index (χ4n) is 1.13. The maximum Gasteiger partial charge on any atom is 0.220 e. The van der Waals surface area contributed by atoms with E-state index in [0.717, 1.165) is 5.56 Å². The molecule has 0 bridgehead atoms. The Balaban J connectivity index is 2.48. The fraction of sp³-hybridized carbons (Fsp3) is 0.250. The van der Waals surface area contributed by atoms with Crippen molar-refractivity contribution in [2.24, 2.45) is 0 Å². The molecule has 0 N–H and O–H groups in total.